The van der Waals surface area contributed by atoms with Crippen molar-refractivity contribution in [1.82, 2.24) is 14.6 Å². The van der Waals surface area contributed by atoms with Crippen molar-refractivity contribution in [3.8, 4) is 5.88 Å². The maximum Gasteiger partial charge on any atom is 0.333 e. The Balaban J connectivity index is 3.14. The minimum Gasteiger partial charge on any atom is -0.494 e. The SMILES string of the molecule is CCCCC(=O)N/N=C(\C)c1c(O)n(C)c(=O)n(C)c1=O. The Bertz CT molecular complexity index is 685. The van der Waals surface area contributed by atoms with Gasteiger partial charge in [0.15, 0.2) is 0 Å². The Hall–Kier alpha value is -2.38. The second-order valence-corrected chi connectivity index (χ2v) is 4.74. The first-order valence-corrected chi connectivity index (χ1v) is 6.63. The molecule has 1 aromatic heterocycles. The first kappa shape index (κ1) is 16.7. The van der Waals surface area contributed by atoms with Crippen molar-refractivity contribution in [3.63, 3.8) is 0 Å². The van der Waals surface area contributed by atoms with Crippen molar-refractivity contribution in [2.45, 2.75) is 33.1 Å². The first-order valence-electron chi connectivity index (χ1n) is 6.63. The first-order chi connectivity index (χ1) is 9.81. The largest absolute Gasteiger partial charge is 0.494 e. The van der Waals surface area contributed by atoms with Crippen LogP contribution < -0.4 is 16.7 Å². The zero-order valence-corrected chi connectivity index (χ0v) is 12.6. The number of hydrogen-bond donors (Lipinski definition) is 2. The van der Waals surface area contributed by atoms with E-state index < -0.39 is 17.1 Å². The maximum absolute atomic E-state index is 12.0. The number of hydrogen-bond acceptors (Lipinski definition) is 5. The van der Waals surface area contributed by atoms with Gasteiger partial charge in [-0.05, 0) is 13.3 Å². The van der Waals surface area contributed by atoms with Crippen LogP contribution in [0.1, 0.15) is 38.7 Å². The fourth-order valence-electron chi connectivity index (χ4n) is 1.75. The third-order valence-corrected chi connectivity index (χ3v) is 3.10. The van der Waals surface area contributed by atoms with Crippen LogP contribution in [0, 0.1) is 0 Å². The molecule has 0 spiro atoms. The Morgan fingerprint density at radius 1 is 1.29 bits per heavy atom. The average Bonchev–Trinajstić information content (AvgIpc) is 2.47. The lowest BCUT2D eigenvalue weighted by Gasteiger charge is -2.10. The zero-order valence-electron chi connectivity index (χ0n) is 12.6. The van der Waals surface area contributed by atoms with E-state index in [9.17, 15) is 19.5 Å². The van der Waals surface area contributed by atoms with Crippen LogP contribution in [0.15, 0.2) is 14.7 Å². The number of nitrogens with zero attached hydrogens (tertiary/aromatic N) is 3. The molecule has 0 unspecified atom stereocenters. The number of unbranched alkanes of at least 4 members (excludes halogenated alkanes) is 1. The van der Waals surface area contributed by atoms with Crippen molar-refractivity contribution in [2.75, 3.05) is 0 Å². The topological polar surface area (TPSA) is 106 Å². The molecular weight excluding hydrogens is 276 g/mol. The second-order valence-electron chi connectivity index (χ2n) is 4.74. The zero-order chi connectivity index (χ0) is 16.2. The molecule has 0 saturated heterocycles. The smallest absolute Gasteiger partial charge is 0.333 e. The minimum atomic E-state index is -0.667. The molecule has 2 N–H and O–H groups in total. The summed E-state index contributed by atoms with van der Waals surface area (Å²) >= 11 is 0. The highest BCUT2D eigenvalue weighted by atomic mass is 16.3. The summed E-state index contributed by atoms with van der Waals surface area (Å²) in [5, 5.41) is 13.7. The molecule has 0 atom stereocenters. The number of aromatic hydroxyl groups is 1. The average molecular weight is 296 g/mol. The van der Waals surface area contributed by atoms with Crippen molar-refractivity contribution in [2.24, 2.45) is 19.2 Å². The van der Waals surface area contributed by atoms with E-state index >= 15 is 0 Å². The normalized spacial score (nSPS) is 11.5. The van der Waals surface area contributed by atoms with Gasteiger partial charge in [0.1, 0.15) is 5.56 Å². The fraction of sp³-hybridized carbons (Fsp3) is 0.538. The molecule has 116 valence electrons. The van der Waals surface area contributed by atoms with Gasteiger partial charge in [0.2, 0.25) is 11.8 Å². The standard InChI is InChI=1S/C13H20N4O4/c1-5-6-7-9(18)15-14-8(2)10-11(19)16(3)13(21)17(4)12(10)20/h19H,5-7H2,1-4H3,(H,15,18)/b14-8+. The molecule has 0 aliphatic carbocycles. The summed E-state index contributed by atoms with van der Waals surface area (Å²) in [5.41, 5.74) is 1.04. The van der Waals surface area contributed by atoms with Crippen LogP contribution in [-0.2, 0) is 18.9 Å². The molecule has 0 saturated carbocycles. The molecule has 8 nitrogen and oxygen atoms in total. The molecule has 0 fully saturated rings. The van der Waals surface area contributed by atoms with Crippen LogP contribution in [0.5, 0.6) is 5.88 Å². The van der Waals surface area contributed by atoms with E-state index in [-0.39, 0.29) is 17.2 Å². The molecule has 0 aliphatic heterocycles. The Morgan fingerprint density at radius 2 is 1.90 bits per heavy atom. The number of carbonyl (C=O) groups excluding carboxylic acids is 1. The van der Waals surface area contributed by atoms with Gasteiger partial charge in [-0.3, -0.25) is 18.7 Å². The highest BCUT2D eigenvalue weighted by Crippen LogP contribution is 2.09. The molecule has 21 heavy (non-hydrogen) atoms. The quantitative estimate of drug-likeness (QED) is 0.580. The summed E-state index contributed by atoms with van der Waals surface area (Å²) in [6.45, 7) is 3.44. The van der Waals surface area contributed by atoms with Gasteiger partial charge in [-0.1, -0.05) is 13.3 Å². The van der Waals surface area contributed by atoms with E-state index in [1.807, 2.05) is 6.92 Å². The molecule has 0 aromatic carbocycles. The summed E-state index contributed by atoms with van der Waals surface area (Å²) < 4.78 is 1.81. The van der Waals surface area contributed by atoms with Gasteiger partial charge >= 0.3 is 5.69 Å². The van der Waals surface area contributed by atoms with E-state index in [0.717, 1.165) is 22.0 Å². The number of aromatic nitrogens is 2. The van der Waals surface area contributed by atoms with Crippen LogP contribution in [0.2, 0.25) is 0 Å². The summed E-state index contributed by atoms with van der Waals surface area (Å²) in [5.74, 6) is -0.746. The van der Waals surface area contributed by atoms with Gasteiger partial charge in [-0.25, -0.2) is 10.2 Å². The second kappa shape index (κ2) is 6.87. The van der Waals surface area contributed by atoms with Gasteiger partial charge in [0.05, 0.1) is 5.71 Å². The molecule has 1 amide bonds. The van der Waals surface area contributed by atoms with Gasteiger partial charge < -0.3 is 5.11 Å². The highest BCUT2D eigenvalue weighted by Gasteiger charge is 2.17. The third-order valence-electron chi connectivity index (χ3n) is 3.10. The Morgan fingerprint density at radius 3 is 2.48 bits per heavy atom. The van der Waals surface area contributed by atoms with Gasteiger partial charge in [-0.15, -0.1) is 0 Å². The number of carbonyl (C=O) groups is 1. The van der Waals surface area contributed by atoms with E-state index in [0.29, 0.717) is 6.42 Å². The van der Waals surface area contributed by atoms with Crippen molar-refractivity contribution in [3.05, 3.63) is 26.4 Å². The monoisotopic (exact) mass is 296 g/mol. The molecule has 0 radical (unpaired) electrons. The lowest BCUT2D eigenvalue weighted by Crippen LogP contribution is -2.40. The predicted molar refractivity (Wildman–Crippen MR) is 78.5 cm³/mol. The van der Waals surface area contributed by atoms with Crippen molar-refractivity contribution < 1.29 is 9.90 Å². The van der Waals surface area contributed by atoms with Crippen LogP contribution >= 0.6 is 0 Å². The number of rotatable bonds is 5. The maximum atomic E-state index is 12.0. The summed E-state index contributed by atoms with van der Waals surface area (Å²) in [6.07, 6.45) is 1.97. The number of amides is 1. The lowest BCUT2D eigenvalue weighted by molar-refractivity contribution is -0.121. The summed E-state index contributed by atoms with van der Waals surface area (Å²) in [6, 6.07) is 0. The van der Waals surface area contributed by atoms with E-state index in [1.165, 1.54) is 21.0 Å². The third kappa shape index (κ3) is 3.59. The summed E-state index contributed by atoms with van der Waals surface area (Å²) in [7, 11) is 2.65. The van der Waals surface area contributed by atoms with Gasteiger partial charge in [0.25, 0.3) is 5.56 Å². The number of nitrogens with one attached hydrogen (secondary N) is 1. The molecule has 1 aromatic rings. The molecule has 1 heterocycles. The fourth-order valence-corrected chi connectivity index (χ4v) is 1.75. The van der Waals surface area contributed by atoms with Crippen LogP contribution in [0.3, 0.4) is 0 Å². The van der Waals surface area contributed by atoms with Crippen molar-refractivity contribution >= 4 is 11.6 Å². The molecule has 8 heteroatoms. The van der Waals surface area contributed by atoms with Crippen LogP contribution in [0.4, 0.5) is 0 Å². The predicted octanol–water partition coefficient (Wildman–Crippen LogP) is -0.180. The minimum absolute atomic E-state index is 0.115. The Kier molecular flexibility index (Phi) is 5.45. The van der Waals surface area contributed by atoms with Crippen LogP contribution in [-0.4, -0.2) is 25.9 Å². The van der Waals surface area contributed by atoms with E-state index in [1.54, 1.807) is 0 Å². The molecule has 1 rings (SSSR count). The van der Waals surface area contributed by atoms with E-state index in [2.05, 4.69) is 10.5 Å². The Labute approximate surface area is 121 Å². The molecular formula is C13H20N4O4. The molecule has 0 aliphatic rings. The lowest BCUT2D eigenvalue weighted by atomic mass is 10.2. The van der Waals surface area contributed by atoms with Crippen molar-refractivity contribution in [1.29, 1.82) is 0 Å². The number of hydrazone groups is 1. The van der Waals surface area contributed by atoms with E-state index in [4.69, 9.17) is 0 Å². The van der Waals surface area contributed by atoms with Gasteiger partial charge in [0, 0.05) is 20.5 Å². The molecule has 0 bridgehead atoms. The van der Waals surface area contributed by atoms with Crippen LogP contribution in [0.25, 0.3) is 0 Å². The van der Waals surface area contributed by atoms with Gasteiger partial charge in [-0.2, -0.15) is 5.10 Å². The highest BCUT2D eigenvalue weighted by molar-refractivity contribution is 6.00. The summed E-state index contributed by atoms with van der Waals surface area (Å²) in [4.78, 5) is 35.1.